The minimum Gasteiger partial charge on any atom is -0.496 e. The van der Waals surface area contributed by atoms with Gasteiger partial charge in [0, 0.05) is 28.8 Å². The van der Waals surface area contributed by atoms with Crippen LogP contribution in [0.2, 0.25) is 0 Å². The van der Waals surface area contributed by atoms with Crippen LogP contribution in [0.4, 0.5) is 4.79 Å². The van der Waals surface area contributed by atoms with Crippen LogP contribution in [0, 0.1) is 0 Å². The van der Waals surface area contributed by atoms with Gasteiger partial charge in [-0.15, -0.1) is 0 Å². The first-order chi connectivity index (χ1) is 21.1. The van der Waals surface area contributed by atoms with Crippen LogP contribution in [-0.2, 0) is 11.3 Å². The largest absolute Gasteiger partial charge is 0.496 e. The van der Waals surface area contributed by atoms with Gasteiger partial charge >= 0.3 is 6.09 Å². The van der Waals surface area contributed by atoms with Gasteiger partial charge in [-0.2, -0.15) is 0 Å². The van der Waals surface area contributed by atoms with Gasteiger partial charge in [0.25, 0.3) is 0 Å². The predicted molar refractivity (Wildman–Crippen MR) is 166 cm³/mol. The Morgan fingerprint density at radius 1 is 0.837 bits per heavy atom. The second-order valence-electron chi connectivity index (χ2n) is 10.6. The molecule has 1 fully saturated rings. The average Bonchev–Trinajstić information content (AvgIpc) is 3.05. The lowest BCUT2D eigenvalue weighted by molar-refractivity contribution is -0.0204. The summed E-state index contributed by atoms with van der Waals surface area (Å²) in [7, 11) is 3.30. The number of benzene rings is 4. The van der Waals surface area contributed by atoms with Crippen LogP contribution in [0.3, 0.4) is 0 Å². The fourth-order valence-electron chi connectivity index (χ4n) is 5.64. The number of hydrogen-bond acceptors (Lipinski definition) is 6. The second-order valence-corrected chi connectivity index (χ2v) is 10.6. The molecule has 4 aromatic rings. The molecule has 1 aliphatic rings. The van der Waals surface area contributed by atoms with Gasteiger partial charge in [-0.05, 0) is 55.2 Å². The maximum absolute atomic E-state index is 11.8. The molecule has 0 aliphatic carbocycles. The van der Waals surface area contributed by atoms with E-state index in [-0.39, 0.29) is 25.2 Å². The SMILES string of the molecule is COc1cc(COC2CN(C(=O)O)CCC2c2ccc(OCCCCOc3ccccc3)cc2)c(OC)c2ccccc12. The Hall–Kier alpha value is -4.43. The minimum atomic E-state index is -0.935. The lowest BCUT2D eigenvalue weighted by Crippen LogP contribution is -2.46. The Labute approximate surface area is 252 Å². The lowest BCUT2D eigenvalue weighted by Gasteiger charge is -2.37. The fraction of sp³-hybridized carbons (Fsp3) is 0.343. The van der Waals surface area contributed by atoms with E-state index in [0.29, 0.717) is 26.2 Å². The van der Waals surface area contributed by atoms with E-state index in [1.54, 1.807) is 14.2 Å². The van der Waals surface area contributed by atoms with Gasteiger partial charge in [-0.25, -0.2) is 4.79 Å². The molecule has 2 unspecified atom stereocenters. The van der Waals surface area contributed by atoms with Gasteiger partial charge in [0.1, 0.15) is 23.0 Å². The highest BCUT2D eigenvalue weighted by Crippen LogP contribution is 2.38. The molecule has 226 valence electrons. The summed E-state index contributed by atoms with van der Waals surface area (Å²) in [4.78, 5) is 13.3. The molecule has 1 amide bonds. The van der Waals surface area contributed by atoms with Gasteiger partial charge in [-0.3, -0.25) is 0 Å². The second kappa shape index (κ2) is 14.6. The number of nitrogens with zero attached hydrogens (tertiary/aromatic N) is 1. The van der Waals surface area contributed by atoms with Gasteiger partial charge in [0.05, 0.1) is 46.7 Å². The van der Waals surface area contributed by atoms with Gasteiger partial charge in [-0.1, -0.05) is 54.6 Å². The third kappa shape index (κ3) is 7.51. The van der Waals surface area contributed by atoms with Crippen LogP contribution in [0.1, 0.15) is 36.3 Å². The zero-order valence-electron chi connectivity index (χ0n) is 24.7. The van der Waals surface area contributed by atoms with Crippen LogP contribution < -0.4 is 18.9 Å². The summed E-state index contributed by atoms with van der Waals surface area (Å²) < 4.78 is 29.7. The molecule has 8 nitrogen and oxygen atoms in total. The molecular formula is C35H39NO7. The summed E-state index contributed by atoms with van der Waals surface area (Å²) >= 11 is 0. The molecule has 0 saturated carbocycles. The summed E-state index contributed by atoms with van der Waals surface area (Å²) in [5.41, 5.74) is 1.95. The standard InChI is InChI=1S/C35H39NO7/c1-39-32-22-26(34(40-2)31-13-7-6-12-30(31)32)24-43-33-23-36(35(37)38)19-18-29(33)25-14-16-28(17-15-25)42-21-9-8-20-41-27-10-4-3-5-11-27/h3-7,10-17,22,29,33H,8-9,18-21,23-24H2,1-2H3,(H,37,38). The maximum atomic E-state index is 11.8. The van der Waals surface area contributed by atoms with Gasteiger partial charge in [0.2, 0.25) is 0 Å². The first-order valence-corrected chi connectivity index (χ1v) is 14.7. The number of fused-ring (bicyclic) bond motifs is 1. The number of unbranched alkanes of at least 4 members (excludes halogenated alkanes) is 1. The molecule has 4 aromatic carbocycles. The number of methoxy groups -OCH3 is 2. The molecule has 1 aliphatic heterocycles. The number of amides is 1. The highest BCUT2D eigenvalue weighted by molar-refractivity contribution is 5.94. The molecule has 0 radical (unpaired) electrons. The van der Waals surface area contributed by atoms with Crippen molar-refractivity contribution >= 4 is 16.9 Å². The normalized spacial score (nSPS) is 16.6. The van der Waals surface area contributed by atoms with E-state index in [2.05, 4.69) is 12.1 Å². The van der Waals surface area contributed by atoms with E-state index in [0.717, 1.165) is 57.7 Å². The molecular weight excluding hydrogens is 546 g/mol. The molecule has 1 heterocycles. The maximum Gasteiger partial charge on any atom is 0.407 e. The molecule has 2 atom stereocenters. The van der Waals surface area contributed by atoms with Crippen LogP contribution >= 0.6 is 0 Å². The number of carboxylic acid groups (broad SMARTS) is 1. The average molecular weight is 586 g/mol. The number of hydrogen-bond donors (Lipinski definition) is 1. The van der Waals surface area contributed by atoms with Crippen molar-refractivity contribution in [2.45, 2.75) is 37.9 Å². The van der Waals surface area contributed by atoms with Gasteiger partial charge < -0.3 is 33.7 Å². The molecule has 43 heavy (non-hydrogen) atoms. The van der Waals surface area contributed by atoms with E-state index in [1.165, 1.54) is 4.90 Å². The van der Waals surface area contributed by atoms with Crippen molar-refractivity contribution in [3.63, 3.8) is 0 Å². The fourth-order valence-corrected chi connectivity index (χ4v) is 5.64. The van der Waals surface area contributed by atoms with Gasteiger partial charge in [0.15, 0.2) is 0 Å². The van der Waals surface area contributed by atoms with E-state index in [1.807, 2.05) is 72.8 Å². The van der Waals surface area contributed by atoms with E-state index >= 15 is 0 Å². The molecule has 0 spiro atoms. The monoisotopic (exact) mass is 585 g/mol. The van der Waals surface area contributed by atoms with Crippen LogP contribution in [0.25, 0.3) is 10.8 Å². The predicted octanol–water partition coefficient (Wildman–Crippen LogP) is 7.15. The van der Waals surface area contributed by atoms with E-state index < -0.39 is 6.09 Å². The topological polar surface area (TPSA) is 86.7 Å². The quantitative estimate of drug-likeness (QED) is 0.167. The highest BCUT2D eigenvalue weighted by Gasteiger charge is 2.33. The zero-order chi connectivity index (χ0) is 30.0. The Kier molecular flexibility index (Phi) is 10.2. The van der Waals surface area contributed by atoms with Crippen molar-refractivity contribution in [2.75, 3.05) is 40.5 Å². The Morgan fingerprint density at radius 3 is 2.14 bits per heavy atom. The van der Waals surface area contributed by atoms with Crippen molar-refractivity contribution in [3.05, 3.63) is 96.1 Å². The smallest absolute Gasteiger partial charge is 0.407 e. The van der Waals surface area contributed by atoms with E-state index in [4.69, 9.17) is 23.7 Å². The molecule has 8 heteroatoms. The molecule has 1 saturated heterocycles. The molecule has 0 aromatic heterocycles. The number of ether oxygens (including phenoxy) is 5. The van der Waals surface area contributed by atoms with Crippen LogP contribution in [0.5, 0.6) is 23.0 Å². The Morgan fingerprint density at radius 2 is 1.49 bits per heavy atom. The molecule has 1 N–H and O–H groups in total. The summed E-state index contributed by atoms with van der Waals surface area (Å²) in [5.74, 6) is 3.19. The zero-order valence-corrected chi connectivity index (χ0v) is 24.7. The van der Waals surface area contributed by atoms with E-state index in [9.17, 15) is 9.90 Å². The summed E-state index contributed by atoms with van der Waals surface area (Å²) in [6.45, 7) is 2.26. The van der Waals surface area contributed by atoms with Crippen molar-refractivity contribution in [2.24, 2.45) is 0 Å². The highest BCUT2D eigenvalue weighted by atomic mass is 16.5. The third-order valence-corrected chi connectivity index (χ3v) is 7.87. The van der Waals surface area contributed by atoms with Crippen LogP contribution in [0.15, 0.2) is 84.9 Å². The van der Waals surface area contributed by atoms with Crippen LogP contribution in [-0.4, -0.2) is 62.7 Å². The van der Waals surface area contributed by atoms with Crippen molar-refractivity contribution in [1.82, 2.24) is 4.90 Å². The summed E-state index contributed by atoms with van der Waals surface area (Å²) in [6.07, 6.45) is 1.19. The number of para-hydroxylation sites is 1. The first-order valence-electron chi connectivity index (χ1n) is 14.7. The Balaban J connectivity index is 1.21. The molecule has 5 rings (SSSR count). The number of carbonyl (C=O) groups is 1. The van der Waals surface area contributed by atoms with Crippen molar-refractivity contribution < 1.29 is 33.6 Å². The third-order valence-electron chi connectivity index (χ3n) is 7.87. The number of rotatable bonds is 13. The Bertz CT molecular complexity index is 1480. The lowest BCUT2D eigenvalue weighted by atomic mass is 9.87. The molecule has 0 bridgehead atoms. The summed E-state index contributed by atoms with van der Waals surface area (Å²) in [6, 6.07) is 27.8. The first kappa shape index (κ1) is 30.0. The van der Waals surface area contributed by atoms with Crippen molar-refractivity contribution in [1.29, 1.82) is 0 Å². The number of piperidine rings is 1. The minimum absolute atomic E-state index is 0.0353. The van der Waals surface area contributed by atoms with Crippen molar-refractivity contribution in [3.8, 4) is 23.0 Å². The number of likely N-dealkylation sites (tertiary alicyclic amines) is 1. The summed E-state index contributed by atoms with van der Waals surface area (Å²) in [5, 5.41) is 11.6.